The lowest BCUT2D eigenvalue weighted by Gasteiger charge is -2.30. The molecule has 1 aliphatic heterocycles. The predicted molar refractivity (Wildman–Crippen MR) is 184 cm³/mol. The average molecular weight is 549 g/mol. The zero-order chi connectivity index (χ0) is 29.1. The van der Waals surface area contributed by atoms with Crippen LogP contribution in [0.1, 0.15) is 30.9 Å². The van der Waals surface area contributed by atoms with Crippen LogP contribution in [-0.2, 0) is 0 Å². The third-order valence-electron chi connectivity index (χ3n) is 7.66. The number of anilines is 2. The standard InChI is InChI=1S/C40H40N2/c1-4-6-8-9-15-27-41-39-26-23-34(30-38(39)32-17-11-10-12-18-32)33(16-7-5-2)28-37-29-35-19-13-14-20-40(35)42(37)36-24-21-31(3)22-25-36/h4-15,17-19,21-26,28-30,40-41H,1,16,20,27H2,2-3H3/b7-5?,8-6-,15-9-,33-28+/t40-/m1/s1. The van der Waals surface area contributed by atoms with Crippen LogP contribution in [0.3, 0.4) is 0 Å². The molecule has 210 valence electrons. The van der Waals surface area contributed by atoms with Gasteiger partial charge in [0.2, 0.25) is 0 Å². The van der Waals surface area contributed by atoms with Crippen molar-refractivity contribution < 1.29 is 0 Å². The van der Waals surface area contributed by atoms with Gasteiger partial charge in [-0.2, -0.15) is 0 Å². The lowest BCUT2D eigenvalue weighted by atomic mass is 9.95. The summed E-state index contributed by atoms with van der Waals surface area (Å²) < 4.78 is 0. The summed E-state index contributed by atoms with van der Waals surface area (Å²) in [6.45, 7) is 8.71. The number of allylic oxidation sites excluding steroid dienone is 10. The first-order valence-electron chi connectivity index (χ1n) is 14.8. The van der Waals surface area contributed by atoms with Gasteiger partial charge in [0.15, 0.2) is 0 Å². The molecule has 0 amide bonds. The third kappa shape index (κ3) is 6.90. The second-order valence-electron chi connectivity index (χ2n) is 10.6. The highest BCUT2D eigenvalue weighted by molar-refractivity contribution is 5.84. The molecule has 2 aliphatic rings. The minimum atomic E-state index is 0.327. The molecule has 1 N–H and O–H groups in total. The summed E-state index contributed by atoms with van der Waals surface area (Å²) in [5.74, 6) is 0. The van der Waals surface area contributed by atoms with E-state index in [2.05, 4.69) is 152 Å². The zero-order valence-corrected chi connectivity index (χ0v) is 24.7. The summed E-state index contributed by atoms with van der Waals surface area (Å²) in [6.07, 6.45) is 27.6. The number of nitrogens with zero attached hydrogens (tertiary/aromatic N) is 1. The molecular formula is C40H40N2. The van der Waals surface area contributed by atoms with Gasteiger partial charge in [-0.1, -0.05) is 121 Å². The molecule has 0 radical (unpaired) electrons. The van der Waals surface area contributed by atoms with Gasteiger partial charge in [0.1, 0.15) is 0 Å². The Kier molecular flexibility index (Phi) is 9.69. The van der Waals surface area contributed by atoms with Gasteiger partial charge in [-0.3, -0.25) is 0 Å². The average Bonchev–Trinajstić information content (AvgIpc) is 3.39. The molecular weight excluding hydrogens is 508 g/mol. The van der Waals surface area contributed by atoms with Gasteiger partial charge in [0.25, 0.3) is 0 Å². The maximum absolute atomic E-state index is 3.73. The molecule has 2 heteroatoms. The van der Waals surface area contributed by atoms with E-state index >= 15 is 0 Å². The maximum atomic E-state index is 3.73. The highest BCUT2D eigenvalue weighted by atomic mass is 15.2. The number of benzene rings is 3. The summed E-state index contributed by atoms with van der Waals surface area (Å²) in [6, 6.07) is 26.7. The first-order chi connectivity index (χ1) is 20.7. The summed E-state index contributed by atoms with van der Waals surface area (Å²) >= 11 is 0. The van der Waals surface area contributed by atoms with Crippen LogP contribution in [0.5, 0.6) is 0 Å². The number of rotatable bonds is 11. The van der Waals surface area contributed by atoms with Crippen LogP contribution in [0.4, 0.5) is 11.4 Å². The van der Waals surface area contributed by atoms with Gasteiger partial charge >= 0.3 is 0 Å². The molecule has 42 heavy (non-hydrogen) atoms. The largest absolute Gasteiger partial charge is 0.381 e. The molecule has 0 saturated heterocycles. The molecule has 5 rings (SSSR count). The molecule has 0 aromatic heterocycles. The van der Waals surface area contributed by atoms with E-state index in [0.29, 0.717) is 6.04 Å². The second-order valence-corrected chi connectivity index (χ2v) is 10.6. The molecule has 1 aliphatic carbocycles. The minimum absolute atomic E-state index is 0.327. The quantitative estimate of drug-likeness (QED) is 0.189. The monoisotopic (exact) mass is 548 g/mol. The Labute approximate surface area is 251 Å². The van der Waals surface area contributed by atoms with E-state index in [4.69, 9.17) is 0 Å². The van der Waals surface area contributed by atoms with Crippen LogP contribution >= 0.6 is 0 Å². The maximum Gasteiger partial charge on any atom is 0.0626 e. The van der Waals surface area contributed by atoms with Gasteiger partial charge in [-0.25, -0.2) is 0 Å². The summed E-state index contributed by atoms with van der Waals surface area (Å²) in [5.41, 5.74) is 11.2. The molecule has 1 atom stereocenters. The van der Waals surface area contributed by atoms with E-state index in [1.165, 1.54) is 44.8 Å². The van der Waals surface area contributed by atoms with Crippen molar-refractivity contribution in [3.8, 4) is 11.1 Å². The molecule has 0 saturated carbocycles. The SMILES string of the molecule is C=C/C=C\C=C/CNc1ccc(/C(=C/C2=CC3=CC=CC[C@H]3N2c2ccc(C)cc2)CC=CC)cc1-c1ccccc1. The first-order valence-corrected chi connectivity index (χ1v) is 14.8. The Bertz CT molecular complexity index is 1590. The summed E-state index contributed by atoms with van der Waals surface area (Å²) in [5, 5.41) is 3.62. The third-order valence-corrected chi connectivity index (χ3v) is 7.66. The van der Waals surface area contributed by atoms with E-state index in [0.717, 1.165) is 25.1 Å². The van der Waals surface area contributed by atoms with Crippen molar-refractivity contribution in [1.82, 2.24) is 0 Å². The topological polar surface area (TPSA) is 15.3 Å². The summed E-state index contributed by atoms with van der Waals surface area (Å²) in [7, 11) is 0. The fourth-order valence-corrected chi connectivity index (χ4v) is 5.49. The minimum Gasteiger partial charge on any atom is -0.381 e. The highest BCUT2D eigenvalue weighted by Gasteiger charge is 2.30. The number of fused-ring (bicyclic) bond motifs is 1. The number of nitrogens with one attached hydrogen (secondary N) is 1. The van der Waals surface area contributed by atoms with Gasteiger partial charge in [-0.15, -0.1) is 0 Å². The summed E-state index contributed by atoms with van der Waals surface area (Å²) in [4.78, 5) is 2.51. The van der Waals surface area contributed by atoms with Gasteiger partial charge in [0, 0.05) is 29.2 Å². The van der Waals surface area contributed by atoms with Crippen molar-refractivity contribution in [2.45, 2.75) is 32.7 Å². The van der Waals surface area contributed by atoms with E-state index in [1.54, 1.807) is 6.08 Å². The van der Waals surface area contributed by atoms with Crippen LogP contribution in [0, 0.1) is 6.92 Å². The smallest absolute Gasteiger partial charge is 0.0626 e. The number of hydrogen-bond donors (Lipinski definition) is 1. The van der Waals surface area contributed by atoms with E-state index in [1.807, 2.05) is 18.2 Å². The van der Waals surface area contributed by atoms with E-state index in [9.17, 15) is 0 Å². The van der Waals surface area contributed by atoms with Crippen LogP contribution < -0.4 is 10.2 Å². The molecule has 0 unspecified atom stereocenters. The van der Waals surface area contributed by atoms with E-state index in [-0.39, 0.29) is 0 Å². The second kappa shape index (κ2) is 14.2. The Morgan fingerprint density at radius 1 is 0.976 bits per heavy atom. The molecule has 1 heterocycles. The van der Waals surface area contributed by atoms with Crippen molar-refractivity contribution in [1.29, 1.82) is 0 Å². The van der Waals surface area contributed by atoms with Gasteiger partial charge < -0.3 is 10.2 Å². The fourth-order valence-electron chi connectivity index (χ4n) is 5.49. The zero-order valence-electron chi connectivity index (χ0n) is 24.7. The number of aryl methyl sites for hydroxylation is 1. The van der Waals surface area contributed by atoms with Gasteiger partial charge in [0.05, 0.1) is 6.04 Å². The fraction of sp³-hybridized carbons (Fsp3) is 0.150. The predicted octanol–water partition coefficient (Wildman–Crippen LogP) is 10.4. The Morgan fingerprint density at radius 2 is 1.81 bits per heavy atom. The van der Waals surface area contributed by atoms with Gasteiger partial charge in [-0.05, 0) is 85.4 Å². The van der Waals surface area contributed by atoms with Crippen LogP contribution in [0.15, 0.2) is 164 Å². The lowest BCUT2D eigenvalue weighted by molar-refractivity contribution is 0.767. The Morgan fingerprint density at radius 3 is 2.60 bits per heavy atom. The van der Waals surface area contributed by atoms with Crippen molar-refractivity contribution in [3.63, 3.8) is 0 Å². The molecule has 2 nitrogen and oxygen atoms in total. The molecule has 0 bridgehead atoms. The normalized spacial score (nSPS) is 16.8. The van der Waals surface area contributed by atoms with Crippen molar-refractivity contribution in [3.05, 3.63) is 175 Å². The first kappa shape index (κ1) is 28.7. The molecule has 0 spiro atoms. The van der Waals surface area contributed by atoms with E-state index < -0.39 is 0 Å². The molecule has 0 fully saturated rings. The van der Waals surface area contributed by atoms with Crippen LogP contribution in [0.2, 0.25) is 0 Å². The highest BCUT2D eigenvalue weighted by Crippen LogP contribution is 2.39. The lowest BCUT2D eigenvalue weighted by Crippen LogP contribution is -2.30. The Hall–Kier alpha value is -4.82. The van der Waals surface area contributed by atoms with Crippen LogP contribution in [-0.4, -0.2) is 12.6 Å². The number of hydrogen-bond acceptors (Lipinski definition) is 2. The van der Waals surface area contributed by atoms with Crippen molar-refractivity contribution in [2.24, 2.45) is 0 Å². The Balaban J connectivity index is 1.54. The van der Waals surface area contributed by atoms with Crippen molar-refractivity contribution >= 4 is 16.9 Å². The van der Waals surface area contributed by atoms with Crippen LogP contribution in [0.25, 0.3) is 16.7 Å². The van der Waals surface area contributed by atoms with Crippen molar-refractivity contribution in [2.75, 3.05) is 16.8 Å². The molecule has 3 aromatic carbocycles. The molecule has 3 aromatic rings.